The number of esters is 1. The molecule has 1 N–H and O–H groups in total. The Labute approximate surface area is 198 Å². The second-order valence-corrected chi connectivity index (χ2v) is 8.51. The Morgan fingerprint density at radius 1 is 1.15 bits per heavy atom. The molecule has 34 heavy (non-hydrogen) atoms. The molecule has 1 atom stereocenters. The first-order valence-electron chi connectivity index (χ1n) is 10.5. The zero-order valence-corrected chi connectivity index (χ0v) is 19.6. The van der Waals surface area contributed by atoms with Gasteiger partial charge < -0.3 is 14.6 Å². The lowest BCUT2D eigenvalue weighted by molar-refractivity contribution is -0.139. The van der Waals surface area contributed by atoms with Gasteiger partial charge in [-0.15, -0.1) is 0 Å². The highest BCUT2D eigenvalue weighted by atomic mass is 32.1. The average Bonchev–Trinajstić information content (AvgIpc) is 3.13. The van der Waals surface area contributed by atoms with Gasteiger partial charge in [-0.3, -0.25) is 9.36 Å². The zero-order chi connectivity index (χ0) is 24.4. The van der Waals surface area contributed by atoms with E-state index in [0.717, 1.165) is 5.56 Å². The van der Waals surface area contributed by atoms with E-state index in [1.165, 1.54) is 28.0 Å². The number of carbonyl (C=O) groups excluding carboxylic acids is 1. The highest BCUT2D eigenvalue weighted by Gasteiger charge is 2.33. The molecule has 0 aliphatic carbocycles. The van der Waals surface area contributed by atoms with Crippen LogP contribution in [0.15, 0.2) is 69.6 Å². The monoisotopic (exact) mass is 478 g/mol. The Morgan fingerprint density at radius 3 is 2.41 bits per heavy atom. The molecule has 0 radical (unpaired) electrons. The number of hydrogen-bond donors (Lipinski definition) is 1. The molecule has 0 saturated heterocycles. The lowest BCUT2D eigenvalue weighted by atomic mass is 9.96. The maximum absolute atomic E-state index is 13.5. The van der Waals surface area contributed by atoms with E-state index in [-0.39, 0.29) is 17.7 Å². The lowest BCUT2D eigenvalue weighted by Crippen LogP contribution is -2.39. The first-order chi connectivity index (χ1) is 16.3. The van der Waals surface area contributed by atoms with Crippen LogP contribution in [0.25, 0.3) is 6.08 Å². The summed E-state index contributed by atoms with van der Waals surface area (Å²) in [5.41, 5.74) is 2.04. The van der Waals surface area contributed by atoms with Crippen molar-refractivity contribution in [3.8, 4) is 5.75 Å². The standard InChI is InChI=1S/C25H22N2O6S/c1-4-33-24(31)20-14(2)26-25-27(21(20)16-9-11-18(32-3)12-10-16)22(28)19(34-25)13-15-5-7-17(8-6-15)23(29)30/h5-13,21H,4H2,1-3H3,(H,29,30)/b19-13-/t21-/m1/s1. The van der Waals surface area contributed by atoms with E-state index < -0.39 is 18.0 Å². The highest BCUT2D eigenvalue weighted by Crippen LogP contribution is 2.31. The van der Waals surface area contributed by atoms with Crippen LogP contribution in [0.4, 0.5) is 0 Å². The molecule has 0 bridgehead atoms. The third-order valence-corrected chi connectivity index (χ3v) is 6.39. The van der Waals surface area contributed by atoms with Gasteiger partial charge in [0.25, 0.3) is 5.56 Å². The second-order valence-electron chi connectivity index (χ2n) is 7.50. The van der Waals surface area contributed by atoms with E-state index in [2.05, 4.69) is 4.99 Å². The van der Waals surface area contributed by atoms with Gasteiger partial charge in [-0.1, -0.05) is 35.6 Å². The number of carbonyl (C=O) groups is 2. The molecule has 0 spiro atoms. The minimum absolute atomic E-state index is 0.160. The summed E-state index contributed by atoms with van der Waals surface area (Å²) in [6, 6.07) is 12.7. The van der Waals surface area contributed by atoms with Crippen molar-refractivity contribution < 1.29 is 24.2 Å². The number of ether oxygens (including phenoxy) is 2. The number of aromatic nitrogens is 1. The summed E-state index contributed by atoms with van der Waals surface area (Å²) in [7, 11) is 1.56. The summed E-state index contributed by atoms with van der Waals surface area (Å²) >= 11 is 1.21. The van der Waals surface area contributed by atoms with Crippen LogP contribution in [0, 0.1) is 0 Å². The molecule has 2 aromatic carbocycles. The number of benzene rings is 2. The molecule has 0 saturated carbocycles. The van der Waals surface area contributed by atoms with Crippen LogP contribution < -0.4 is 19.6 Å². The van der Waals surface area contributed by atoms with Crippen molar-refractivity contribution in [1.29, 1.82) is 0 Å². The first-order valence-corrected chi connectivity index (χ1v) is 11.3. The van der Waals surface area contributed by atoms with Crippen molar-refractivity contribution in [3.05, 3.63) is 96.2 Å². The number of carboxylic acids is 1. The molecule has 0 unspecified atom stereocenters. The first kappa shape index (κ1) is 23.2. The number of carboxylic acid groups (broad SMARTS) is 1. The fraction of sp³-hybridized carbons (Fsp3) is 0.200. The number of rotatable bonds is 6. The van der Waals surface area contributed by atoms with Crippen LogP contribution >= 0.6 is 11.3 Å². The molecule has 4 rings (SSSR count). The van der Waals surface area contributed by atoms with Gasteiger partial charge >= 0.3 is 11.9 Å². The van der Waals surface area contributed by atoms with Gasteiger partial charge in [-0.2, -0.15) is 0 Å². The topological polar surface area (TPSA) is 107 Å². The van der Waals surface area contributed by atoms with Crippen molar-refractivity contribution in [3.63, 3.8) is 0 Å². The number of thiazole rings is 1. The fourth-order valence-corrected chi connectivity index (χ4v) is 4.81. The maximum Gasteiger partial charge on any atom is 0.338 e. The normalized spacial score (nSPS) is 15.5. The van der Waals surface area contributed by atoms with Crippen molar-refractivity contribution >= 4 is 29.4 Å². The van der Waals surface area contributed by atoms with Crippen molar-refractivity contribution in [2.45, 2.75) is 19.9 Å². The van der Waals surface area contributed by atoms with Gasteiger partial charge in [0, 0.05) is 0 Å². The Hall–Kier alpha value is -3.98. The molecule has 8 nitrogen and oxygen atoms in total. The molecule has 3 aromatic rings. The number of aromatic carboxylic acids is 1. The largest absolute Gasteiger partial charge is 0.497 e. The summed E-state index contributed by atoms with van der Waals surface area (Å²) < 4.78 is 12.5. The fourth-order valence-electron chi connectivity index (χ4n) is 3.77. The van der Waals surface area contributed by atoms with E-state index in [1.54, 1.807) is 51.3 Å². The quantitative estimate of drug-likeness (QED) is 0.546. The summed E-state index contributed by atoms with van der Waals surface area (Å²) in [5.74, 6) is -0.894. The van der Waals surface area contributed by atoms with E-state index >= 15 is 0 Å². The Bertz CT molecular complexity index is 1460. The third kappa shape index (κ3) is 4.29. The van der Waals surface area contributed by atoms with E-state index in [1.807, 2.05) is 12.1 Å². The predicted molar refractivity (Wildman–Crippen MR) is 127 cm³/mol. The molecule has 2 heterocycles. The number of methoxy groups -OCH3 is 1. The van der Waals surface area contributed by atoms with Crippen molar-refractivity contribution in [2.24, 2.45) is 4.99 Å². The van der Waals surface area contributed by atoms with Gasteiger partial charge in [0.2, 0.25) is 0 Å². The Morgan fingerprint density at radius 2 is 1.82 bits per heavy atom. The molecule has 1 aromatic heterocycles. The second kappa shape index (κ2) is 9.48. The lowest BCUT2D eigenvalue weighted by Gasteiger charge is -2.24. The van der Waals surface area contributed by atoms with Crippen LogP contribution in [0.1, 0.15) is 41.4 Å². The summed E-state index contributed by atoms with van der Waals surface area (Å²) in [6.45, 7) is 3.65. The number of nitrogens with zero attached hydrogens (tertiary/aromatic N) is 2. The van der Waals surface area contributed by atoms with Crippen LogP contribution in [0.5, 0.6) is 5.75 Å². The van der Waals surface area contributed by atoms with Gasteiger partial charge in [-0.05, 0) is 55.3 Å². The van der Waals surface area contributed by atoms with E-state index in [0.29, 0.717) is 31.9 Å². The molecule has 0 amide bonds. The number of allylic oxidation sites excluding steroid dienone is 1. The minimum atomic E-state index is -1.02. The molecular weight excluding hydrogens is 456 g/mol. The van der Waals surface area contributed by atoms with Crippen LogP contribution in [-0.4, -0.2) is 35.3 Å². The molecule has 0 fully saturated rings. The maximum atomic E-state index is 13.5. The third-order valence-electron chi connectivity index (χ3n) is 5.40. The van der Waals surface area contributed by atoms with E-state index in [4.69, 9.17) is 14.6 Å². The summed E-state index contributed by atoms with van der Waals surface area (Å²) in [6.07, 6.45) is 1.68. The molecule has 1 aliphatic rings. The van der Waals surface area contributed by atoms with Crippen molar-refractivity contribution in [2.75, 3.05) is 13.7 Å². The summed E-state index contributed by atoms with van der Waals surface area (Å²) in [4.78, 5) is 42.5. The van der Waals surface area contributed by atoms with Gasteiger partial charge in [0.1, 0.15) is 5.75 Å². The Kier molecular flexibility index (Phi) is 6.47. The van der Waals surface area contributed by atoms with Gasteiger partial charge in [0.15, 0.2) is 4.80 Å². The smallest absolute Gasteiger partial charge is 0.338 e. The summed E-state index contributed by atoms with van der Waals surface area (Å²) in [5, 5.41) is 9.10. The van der Waals surface area contributed by atoms with Gasteiger partial charge in [0.05, 0.1) is 41.1 Å². The Balaban J connectivity index is 1.90. The molecule has 9 heteroatoms. The number of fused-ring (bicyclic) bond motifs is 1. The molecule has 174 valence electrons. The zero-order valence-electron chi connectivity index (χ0n) is 18.8. The highest BCUT2D eigenvalue weighted by molar-refractivity contribution is 7.07. The van der Waals surface area contributed by atoms with E-state index in [9.17, 15) is 14.4 Å². The number of hydrogen-bond acceptors (Lipinski definition) is 7. The minimum Gasteiger partial charge on any atom is -0.497 e. The van der Waals surface area contributed by atoms with Crippen LogP contribution in [0.2, 0.25) is 0 Å². The van der Waals surface area contributed by atoms with Gasteiger partial charge in [-0.25, -0.2) is 14.6 Å². The van der Waals surface area contributed by atoms with Crippen LogP contribution in [-0.2, 0) is 9.53 Å². The van der Waals surface area contributed by atoms with Crippen LogP contribution in [0.3, 0.4) is 0 Å². The molecular formula is C25H22N2O6S. The molecule has 1 aliphatic heterocycles. The average molecular weight is 479 g/mol. The van der Waals surface area contributed by atoms with Crippen molar-refractivity contribution in [1.82, 2.24) is 4.57 Å². The SMILES string of the molecule is CCOC(=O)C1=C(C)N=c2s/c(=C\c3ccc(C(=O)O)cc3)c(=O)n2[C@@H]1c1ccc(OC)cc1. The predicted octanol–water partition coefficient (Wildman–Crippen LogP) is 2.51.